The zero-order chi connectivity index (χ0) is 27.6. The minimum atomic E-state index is -0.143. The lowest BCUT2D eigenvalue weighted by molar-refractivity contribution is 0.125. The lowest BCUT2D eigenvalue weighted by Gasteiger charge is -2.39. The number of nitrogens with one attached hydrogen (secondary N) is 1. The van der Waals surface area contributed by atoms with Gasteiger partial charge in [-0.2, -0.15) is 5.26 Å². The Morgan fingerprint density at radius 1 is 1.12 bits per heavy atom. The first-order valence-corrected chi connectivity index (χ1v) is 13.6. The number of halogens is 1. The van der Waals surface area contributed by atoms with Crippen LogP contribution in [0.25, 0.3) is 11.6 Å². The fourth-order valence-corrected chi connectivity index (χ4v) is 5.69. The topological polar surface area (TPSA) is 90.1 Å². The third kappa shape index (κ3) is 5.09. The predicted octanol–water partition coefficient (Wildman–Crippen LogP) is 5.38. The summed E-state index contributed by atoms with van der Waals surface area (Å²) in [5.41, 5.74) is 7.86. The molecule has 0 bridgehead atoms. The first-order valence-electron chi connectivity index (χ1n) is 13.2. The van der Waals surface area contributed by atoms with Crippen molar-refractivity contribution in [3.05, 3.63) is 112 Å². The number of nitrogens with zero attached hydrogens (tertiary/aromatic N) is 6. The van der Waals surface area contributed by atoms with Gasteiger partial charge in [-0.05, 0) is 70.8 Å². The van der Waals surface area contributed by atoms with Crippen LogP contribution in [0.2, 0.25) is 5.02 Å². The van der Waals surface area contributed by atoms with Gasteiger partial charge in [-0.3, -0.25) is 9.88 Å². The normalized spacial score (nSPS) is 16.8. The van der Waals surface area contributed by atoms with E-state index in [0.717, 1.165) is 28.1 Å². The number of amides is 2. The average Bonchev–Trinajstić information content (AvgIpc) is 3.33. The van der Waals surface area contributed by atoms with Crippen LogP contribution >= 0.6 is 11.6 Å². The maximum absolute atomic E-state index is 13.0. The number of fused-ring (bicyclic) bond motifs is 2. The Bertz CT molecular complexity index is 1630. The van der Waals surface area contributed by atoms with E-state index in [2.05, 4.69) is 45.5 Å². The molecule has 1 saturated heterocycles. The second-order valence-corrected chi connectivity index (χ2v) is 10.5. The summed E-state index contributed by atoms with van der Waals surface area (Å²) in [5, 5.41) is 12.7. The Kier molecular flexibility index (Phi) is 7.08. The van der Waals surface area contributed by atoms with E-state index < -0.39 is 0 Å². The fraction of sp³-hybridized carbons (Fsp3) is 0.226. The van der Waals surface area contributed by atoms with Gasteiger partial charge in [-0.1, -0.05) is 23.7 Å². The van der Waals surface area contributed by atoms with Gasteiger partial charge >= 0.3 is 6.03 Å². The molecule has 8 nitrogen and oxygen atoms in total. The van der Waals surface area contributed by atoms with Crippen LogP contribution in [-0.4, -0.2) is 56.5 Å². The summed E-state index contributed by atoms with van der Waals surface area (Å²) in [4.78, 5) is 26.4. The second kappa shape index (κ2) is 11.0. The number of rotatable bonds is 4. The molecule has 40 heavy (non-hydrogen) atoms. The Morgan fingerprint density at radius 2 is 1.93 bits per heavy atom. The molecule has 9 heteroatoms. The molecular formula is C31H28ClN7O. The van der Waals surface area contributed by atoms with E-state index in [-0.39, 0.29) is 12.1 Å². The Labute approximate surface area is 238 Å². The molecule has 1 fully saturated rings. The van der Waals surface area contributed by atoms with Crippen LogP contribution in [0.3, 0.4) is 0 Å². The highest BCUT2D eigenvalue weighted by atomic mass is 35.5. The number of aryl methyl sites for hydroxylation is 1. The number of carbonyl (C=O) groups is 1. The highest BCUT2D eigenvalue weighted by molar-refractivity contribution is 6.30. The molecule has 2 aliphatic rings. The van der Waals surface area contributed by atoms with E-state index in [9.17, 15) is 4.79 Å². The van der Waals surface area contributed by atoms with Crippen molar-refractivity contribution in [2.45, 2.75) is 12.5 Å². The van der Waals surface area contributed by atoms with Crippen LogP contribution in [0.1, 0.15) is 39.7 Å². The fourth-order valence-electron chi connectivity index (χ4n) is 5.52. The van der Waals surface area contributed by atoms with Gasteiger partial charge in [0.25, 0.3) is 0 Å². The standard InChI is InChI=1S/C31H28ClN7O/c1-37-20-34-19-26(37)16-23-15-22-3-2-10-35-29(22)30(27-9-6-24(32)17-28(23)27)38-11-13-39(14-12-38)31(40)36-25-7-4-21(18-33)5-8-25/h2-10,15,17,19-20,30H,11-14,16H2,1H3,(H,36,40)/t30-/m0/s1. The minimum absolute atomic E-state index is 0.0764. The number of aromatic nitrogens is 3. The highest BCUT2D eigenvalue weighted by Gasteiger charge is 2.33. The first-order chi connectivity index (χ1) is 19.5. The molecule has 2 aromatic heterocycles. The van der Waals surface area contributed by atoms with Crippen molar-refractivity contribution in [1.82, 2.24) is 24.3 Å². The molecule has 3 heterocycles. The first kappa shape index (κ1) is 25.8. The average molecular weight is 550 g/mol. The van der Waals surface area contributed by atoms with Crippen molar-refractivity contribution in [3.63, 3.8) is 0 Å². The number of anilines is 1. The molecule has 0 radical (unpaired) electrons. The maximum Gasteiger partial charge on any atom is 0.321 e. The third-order valence-electron chi connectivity index (χ3n) is 7.64. The molecule has 0 saturated carbocycles. The van der Waals surface area contributed by atoms with Gasteiger partial charge in [0.15, 0.2) is 0 Å². The van der Waals surface area contributed by atoms with Gasteiger partial charge < -0.3 is 14.8 Å². The summed E-state index contributed by atoms with van der Waals surface area (Å²) in [7, 11) is 2.01. The number of allylic oxidation sites excluding steroid dienone is 1. The summed E-state index contributed by atoms with van der Waals surface area (Å²) in [6, 6.07) is 19.0. The monoisotopic (exact) mass is 549 g/mol. The van der Waals surface area contributed by atoms with Gasteiger partial charge in [0.1, 0.15) is 0 Å². The summed E-state index contributed by atoms with van der Waals surface area (Å²) >= 11 is 6.55. The van der Waals surface area contributed by atoms with E-state index in [4.69, 9.17) is 21.8 Å². The molecule has 2 amide bonds. The molecule has 1 aliphatic heterocycles. The molecule has 0 spiro atoms. The maximum atomic E-state index is 13.0. The summed E-state index contributed by atoms with van der Waals surface area (Å²) in [5.74, 6) is 0. The summed E-state index contributed by atoms with van der Waals surface area (Å²) in [6.45, 7) is 2.55. The van der Waals surface area contributed by atoms with Crippen LogP contribution in [0.4, 0.5) is 10.5 Å². The van der Waals surface area contributed by atoms with Crippen molar-refractivity contribution in [2.24, 2.45) is 7.05 Å². The lowest BCUT2D eigenvalue weighted by Crippen LogP contribution is -2.51. The largest absolute Gasteiger partial charge is 0.337 e. The van der Waals surface area contributed by atoms with Gasteiger partial charge in [-0.25, -0.2) is 9.78 Å². The molecule has 1 N–H and O–H groups in total. The van der Waals surface area contributed by atoms with Gasteiger partial charge in [0.05, 0.1) is 29.7 Å². The van der Waals surface area contributed by atoms with E-state index in [0.29, 0.717) is 48.9 Å². The number of imidazole rings is 1. The van der Waals surface area contributed by atoms with Crippen LogP contribution in [0.15, 0.2) is 73.3 Å². The molecule has 1 atom stereocenters. The number of carbonyl (C=O) groups excluding carboxylic acids is 1. The van der Waals surface area contributed by atoms with Crippen molar-refractivity contribution < 1.29 is 4.79 Å². The summed E-state index contributed by atoms with van der Waals surface area (Å²) < 4.78 is 2.04. The molecule has 200 valence electrons. The van der Waals surface area contributed by atoms with Crippen LogP contribution in [0, 0.1) is 11.3 Å². The van der Waals surface area contributed by atoms with Gasteiger partial charge in [0, 0.05) is 68.4 Å². The lowest BCUT2D eigenvalue weighted by atomic mass is 9.92. The number of urea groups is 1. The number of piperazine rings is 1. The molecule has 6 rings (SSSR count). The van der Waals surface area contributed by atoms with Crippen LogP contribution < -0.4 is 5.32 Å². The molecule has 1 aliphatic carbocycles. The van der Waals surface area contributed by atoms with E-state index in [1.165, 1.54) is 5.57 Å². The SMILES string of the molecule is Cn1cncc1CC1=Cc2cccnc2[C@@H](N2CCN(C(=O)Nc3ccc(C#N)cc3)CC2)c2ccc(Cl)cc21. The molecule has 0 unspecified atom stereocenters. The van der Waals surface area contributed by atoms with E-state index >= 15 is 0 Å². The Balaban J connectivity index is 1.27. The van der Waals surface area contributed by atoms with Gasteiger partial charge in [0.2, 0.25) is 0 Å². The quantitative estimate of drug-likeness (QED) is 0.369. The van der Waals surface area contributed by atoms with E-state index in [1.807, 2.05) is 47.4 Å². The van der Waals surface area contributed by atoms with Crippen molar-refractivity contribution >= 4 is 35.0 Å². The van der Waals surface area contributed by atoms with Crippen LogP contribution in [-0.2, 0) is 13.5 Å². The molecule has 2 aromatic carbocycles. The van der Waals surface area contributed by atoms with Gasteiger partial charge in [-0.15, -0.1) is 0 Å². The van der Waals surface area contributed by atoms with Crippen molar-refractivity contribution in [2.75, 3.05) is 31.5 Å². The molecule has 4 aromatic rings. The number of hydrogen-bond acceptors (Lipinski definition) is 5. The smallest absolute Gasteiger partial charge is 0.321 e. The number of pyridine rings is 1. The van der Waals surface area contributed by atoms with Crippen LogP contribution in [0.5, 0.6) is 0 Å². The zero-order valence-electron chi connectivity index (χ0n) is 22.1. The number of hydrogen-bond donors (Lipinski definition) is 1. The molecular weight excluding hydrogens is 522 g/mol. The Hall–Kier alpha value is -4.45. The van der Waals surface area contributed by atoms with Crippen molar-refractivity contribution in [3.8, 4) is 6.07 Å². The Morgan fingerprint density at radius 3 is 2.65 bits per heavy atom. The number of benzene rings is 2. The third-order valence-corrected chi connectivity index (χ3v) is 7.87. The summed E-state index contributed by atoms with van der Waals surface area (Å²) in [6.07, 6.45) is 8.52. The van der Waals surface area contributed by atoms with E-state index in [1.54, 1.807) is 24.3 Å². The zero-order valence-corrected chi connectivity index (χ0v) is 22.8. The minimum Gasteiger partial charge on any atom is -0.337 e. The van der Waals surface area contributed by atoms with Crippen molar-refractivity contribution in [1.29, 1.82) is 5.26 Å². The highest BCUT2D eigenvalue weighted by Crippen LogP contribution is 2.41. The second-order valence-electron chi connectivity index (χ2n) is 10.1. The number of nitriles is 1. The predicted molar refractivity (Wildman–Crippen MR) is 156 cm³/mol.